The molecule has 0 atom stereocenters. The summed E-state index contributed by atoms with van der Waals surface area (Å²) in [6, 6.07) is 8.65. The maximum Gasteiger partial charge on any atom is 0.207 e. The van der Waals surface area contributed by atoms with E-state index in [-0.39, 0.29) is 5.41 Å². The van der Waals surface area contributed by atoms with Crippen LogP contribution in [0.3, 0.4) is 0 Å². The quantitative estimate of drug-likeness (QED) is 0.874. The topological polar surface area (TPSA) is 29.9 Å². The highest BCUT2D eigenvalue weighted by molar-refractivity contribution is 5.44. The number of aryl methyl sites for hydroxylation is 1. The normalized spacial score (nSPS) is 11.6. The number of aromatic nitrogens is 2. The summed E-state index contributed by atoms with van der Waals surface area (Å²) in [5.41, 5.74) is 3.68. The van der Waals surface area contributed by atoms with Crippen molar-refractivity contribution in [2.24, 2.45) is 0 Å². The third-order valence-electron chi connectivity index (χ3n) is 3.06. The van der Waals surface area contributed by atoms with Crippen molar-refractivity contribution < 1.29 is 0 Å². The highest BCUT2D eigenvalue weighted by Crippen LogP contribution is 2.24. The number of benzene rings is 1. The Morgan fingerprint density at radius 3 is 2.22 bits per heavy atom. The van der Waals surface area contributed by atoms with Gasteiger partial charge in [-0.05, 0) is 30.0 Å². The molecule has 1 N–H and O–H groups in total. The van der Waals surface area contributed by atoms with Crippen molar-refractivity contribution in [1.82, 2.24) is 9.55 Å². The van der Waals surface area contributed by atoms with Gasteiger partial charge in [-0.25, -0.2) is 4.98 Å². The Balaban J connectivity index is 2.40. The molecule has 3 heteroatoms. The van der Waals surface area contributed by atoms with Crippen molar-refractivity contribution in [1.29, 1.82) is 0 Å². The fraction of sp³-hybridized carbons (Fsp3) is 0.400. The molecule has 2 aromatic rings. The van der Waals surface area contributed by atoms with E-state index in [4.69, 9.17) is 0 Å². The second-order valence-corrected chi connectivity index (χ2v) is 5.62. The summed E-state index contributed by atoms with van der Waals surface area (Å²) >= 11 is 0. The molecule has 96 valence electrons. The summed E-state index contributed by atoms with van der Waals surface area (Å²) in [5, 5.41) is 3.11. The third kappa shape index (κ3) is 2.40. The second-order valence-electron chi connectivity index (χ2n) is 5.62. The molecule has 1 aromatic heterocycles. The molecule has 0 saturated heterocycles. The predicted molar refractivity (Wildman–Crippen MR) is 76.5 cm³/mol. The first-order valence-electron chi connectivity index (χ1n) is 6.26. The first kappa shape index (κ1) is 12.7. The van der Waals surface area contributed by atoms with E-state index in [1.165, 1.54) is 5.56 Å². The lowest BCUT2D eigenvalue weighted by atomic mass is 9.87. The molecule has 1 heterocycles. The highest BCUT2D eigenvalue weighted by Gasteiger charge is 2.13. The Labute approximate surface area is 109 Å². The van der Waals surface area contributed by atoms with E-state index in [1.807, 2.05) is 20.2 Å². The standard InChI is InChI=1S/C15H21N3/c1-11-10-18(14(16-5)17-11)13-8-6-12(7-9-13)15(2,3)4/h6-10H,1-5H3,(H,16,17). The minimum atomic E-state index is 0.190. The molecule has 0 aliphatic carbocycles. The number of nitrogens with zero attached hydrogens (tertiary/aromatic N) is 2. The Hall–Kier alpha value is -1.77. The van der Waals surface area contributed by atoms with Crippen LogP contribution >= 0.6 is 0 Å². The largest absolute Gasteiger partial charge is 0.358 e. The van der Waals surface area contributed by atoms with Crippen LogP contribution in [0, 0.1) is 6.92 Å². The smallest absolute Gasteiger partial charge is 0.207 e. The Morgan fingerprint density at radius 2 is 1.72 bits per heavy atom. The minimum Gasteiger partial charge on any atom is -0.358 e. The molecule has 0 saturated carbocycles. The molecule has 0 aliphatic rings. The van der Waals surface area contributed by atoms with Gasteiger partial charge in [0.15, 0.2) is 0 Å². The van der Waals surface area contributed by atoms with Crippen molar-refractivity contribution in [2.45, 2.75) is 33.1 Å². The predicted octanol–water partition coefficient (Wildman–Crippen LogP) is 3.52. The van der Waals surface area contributed by atoms with Crippen molar-refractivity contribution in [2.75, 3.05) is 12.4 Å². The third-order valence-corrected chi connectivity index (χ3v) is 3.06. The lowest BCUT2D eigenvalue weighted by molar-refractivity contribution is 0.590. The number of imidazole rings is 1. The van der Waals surface area contributed by atoms with Crippen LogP contribution in [-0.2, 0) is 5.41 Å². The number of rotatable bonds is 2. The Kier molecular flexibility index (Phi) is 3.16. The molecule has 0 fully saturated rings. The van der Waals surface area contributed by atoms with Gasteiger partial charge in [0.1, 0.15) is 0 Å². The first-order valence-corrected chi connectivity index (χ1v) is 6.26. The lowest BCUT2D eigenvalue weighted by Crippen LogP contribution is -2.11. The molecule has 2 rings (SSSR count). The fourth-order valence-corrected chi connectivity index (χ4v) is 1.99. The van der Waals surface area contributed by atoms with Gasteiger partial charge in [-0.3, -0.25) is 4.57 Å². The van der Waals surface area contributed by atoms with Gasteiger partial charge in [0.2, 0.25) is 5.95 Å². The van der Waals surface area contributed by atoms with Crippen LogP contribution in [0.4, 0.5) is 5.95 Å². The molecule has 0 aliphatic heterocycles. The monoisotopic (exact) mass is 243 g/mol. The van der Waals surface area contributed by atoms with Crippen LogP contribution in [0.1, 0.15) is 32.0 Å². The summed E-state index contributed by atoms with van der Waals surface area (Å²) < 4.78 is 2.07. The van der Waals surface area contributed by atoms with E-state index in [2.05, 4.69) is 59.9 Å². The molecule has 1 aromatic carbocycles. The van der Waals surface area contributed by atoms with Crippen molar-refractivity contribution in [3.05, 3.63) is 41.7 Å². The van der Waals surface area contributed by atoms with E-state index in [0.717, 1.165) is 17.3 Å². The molecule has 0 amide bonds. The maximum atomic E-state index is 4.43. The average Bonchev–Trinajstić information content (AvgIpc) is 2.69. The van der Waals surface area contributed by atoms with Crippen LogP contribution in [0.15, 0.2) is 30.5 Å². The summed E-state index contributed by atoms with van der Waals surface area (Å²) in [6.45, 7) is 8.67. The van der Waals surface area contributed by atoms with E-state index >= 15 is 0 Å². The van der Waals surface area contributed by atoms with Gasteiger partial charge in [0, 0.05) is 18.9 Å². The number of hydrogen-bond donors (Lipinski definition) is 1. The van der Waals surface area contributed by atoms with Crippen LogP contribution in [0.25, 0.3) is 5.69 Å². The number of hydrogen-bond acceptors (Lipinski definition) is 2. The van der Waals surface area contributed by atoms with Gasteiger partial charge in [-0.15, -0.1) is 0 Å². The van der Waals surface area contributed by atoms with Gasteiger partial charge >= 0.3 is 0 Å². The fourth-order valence-electron chi connectivity index (χ4n) is 1.99. The Bertz CT molecular complexity index is 530. The number of anilines is 1. The summed E-state index contributed by atoms with van der Waals surface area (Å²) in [5.74, 6) is 0.871. The van der Waals surface area contributed by atoms with E-state index in [1.54, 1.807) is 0 Å². The summed E-state index contributed by atoms with van der Waals surface area (Å²) in [6.07, 6.45) is 2.04. The van der Waals surface area contributed by atoms with E-state index in [0.29, 0.717) is 0 Å². The van der Waals surface area contributed by atoms with Crippen LogP contribution in [0.2, 0.25) is 0 Å². The molecular formula is C15H21N3. The zero-order valence-electron chi connectivity index (χ0n) is 11.8. The SMILES string of the molecule is CNc1nc(C)cn1-c1ccc(C(C)(C)C)cc1. The molecule has 0 bridgehead atoms. The van der Waals surface area contributed by atoms with Gasteiger partial charge in [-0.2, -0.15) is 0 Å². The Morgan fingerprint density at radius 1 is 1.11 bits per heavy atom. The van der Waals surface area contributed by atoms with Gasteiger partial charge in [0.05, 0.1) is 5.69 Å². The average molecular weight is 243 g/mol. The molecule has 3 nitrogen and oxygen atoms in total. The molecule has 18 heavy (non-hydrogen) atoms. The van der Waals surface area contributed by atoms with Crippen LogP contribution in [-0.4, -0.2) is 16.6 Å². The zero-order chi connectivity index (χ0) is 13.3. The minimum absolute atomic E-state index is 0.190. The molecule has 0 spiro atoms. The van der Waals surface area contributed by atoms with Crippen molar-refractivity contribution >= 4 is 5.95 Å². The zero-order valence-corrected chi connectivity index (χ0v) is 11.8. The number of nitrogens with one attached hydrogen (secondary N) is 1. The lowest BCUT2D eigenvalue weighted by Gasteiger charge is -2.19. The molecule has 0 radical (unpaired) electrons. The van der Waals surface area contributed by atoms with Crippen LogP contribution in [0.5, 0.6) is 0 Å². The summed E-state index contributed by atoms with van der Waals surface area (Å²) in [4.78, 5) is 4.43. The summed E-state index contributed by atoms with van der Waals surface area (Å²) in [7, 11) is 1.89. The highest BCUT2D eigenvalue weighted by atomic mass is 15.2. The molecule has 0 unspecified atom stereocenters. The van der Waals surface area contributed by atoms with Crippen molar-refractivity contribution in [3.8, 4) is 5.69 Å². The van der Waals surface area contributed by atoms with Gasteiger partial charge in [-0.1, -0.05) is 32.9 Å². The molecular weight excluding hydrogens is 222 g/mol. The van der Waals surface area contributed by atoms with E-state index < -0.39 is 0 Å². The van der Waals surface area contributed by atoms with Crippen LogP contribution < -0.4 is 5.32 Å². The maximum absolute atomic E-state index is 4.43. The van der Waals surface area contributed by atoms with E-state index in [9.17, 15) is 0 Å². The van der Waals surface area contributed by atoms with Crippen molar-refractivity contribution in [3.63, 3.8) is 0 Å². The second kappa shape index (κ2) is 4.48. The van der Waals surface area contributed by atoms with Gasteiger partial charge < -0.3 is 5.32 Å². The first-order chi connectivity index (χ1) is 8.41. The van der Waals surface area contributed by atoms with Gasteiger partial charge in [0.25, 0.3) is 0 Å².